The molecule has 0 saturated carbocycles. The second-order valence-corrected chi connectivity index (χ2v) is 7.70. The Labute approximate surface area is 172 Å². The lowest BCUT2D eigenvalue weighted by atomic mass is 10.0. The lowest BCUT2D eigenvalue weighted by molar-refractivity contribution is 0.0520. The first-order chi connectivity index (χ1) is 14.3. The van der Waals surface area contributed by atoms with Crippen LogP contribution >= 0.6 is 0 Å². The summed E-state index contributed by atoms with van der Waals surface area (Å²) in [6, 6.07) is 24.6. The zero-order chi connectivity index (χ0) is 19.9. The highest BCUT2D eigenvalue weighted by molar-refractivity contribution is 5.91. The average Bonchev–Trinajstić information content (AvgIpc) is 3.33. The molecule has 0 spiro atoms. The molecule has 2 aromatic carbocycles. The van der Waals surface area contributed by atoms with Crippen LogP contribution in [0.25, 0.3) is 0 Å². The third-order valence-corrected chi connectivity index (χ3v) is 5.75. The summed E-state index contributed by atoms with van der Waals surface area (Å²) in [5.41, 5.74) is 2.53. The fourth-order valence-corrected chi connectivity index (χ4v) is 4.08. The number of piperidine rings is 1. The van der Waals surface area contributed by atoms with E-state index in [2.05, 4.69) is 47.4 Å². The molecule has 29 heavy (non-hydrogen) atoms. The molecule has 0 bridgehead atoms. The number of hydrogen-bond donors (Lipinski definition) is 0. The zero-order valence-corrected chi connectivity index (χ0v) is 16.7. The standard InChI is InChI=1S/C25H28N2O2/c28-25(24-12-7-19-29-24)27(20-22-10-5-2-6-11-22)23-14-17-26(18-15-23)16-13-21-8-3-1-4-9-21/h1-12,19,23H,13-18,20H2. The number of carbonyl (C=O) groups excluding carboxylic acids is 1. The molecule has 4 heteroatoms. The smallest absolute Gasteiger partial charge is 0.290 e. The summed E-state index contributed by atoms with van der Waals surface area (Å²) in [6.45, 7) is 3.74. The quantitative estimate of drug-likeness (QED) is 0.592. The van der Waals surface area contributed by atoms with Gasteiger partial charge in [-0.25, -0.2) is 0 Å². The van der Waals surface area contributed by atoms with Crippen LogP contribution in [0.4, 0.5) is 0 Å². The SMILES string of the molecule is O=C(c1ccco1)N(Cc1ccccc1)C1CCN(CCc2ccccc2)CC1. The summed E-state index contributed by atoms with van der Waals surface area (Å²) in [5, 5.41) is 0. The number of rotatable bonds is 7. The van der Waals surface area contributed by atoms with E-state index in [1.54, 1.807) is 18.4 Å². The van der Waals surface area contributed by atoms with Gasteiger partial charge in [0.25, 0.3) is 5.91 Å². The van der Waals surface area contributed by atoms with Gasteiger partial charge >= 0.3 is 0 Å². The Balaban J connectivity index is 1.38. The number of likely N-dealkylation sites (tertiary alicyclic amines) is 1. The third-order valence-electron chi connectivity index (χ3n) is 5.75. The zero-order valence-electron chi connectivity index (χ0n) is 16.7. The van der Waals surface area contributed by atoms with Gasteiger partial charge in [-0.2, -0.15) is 0 Å². The van der Waals surface area contributed by atoms with Gasteiger partial charge in [0.05, 0.1) is 6.26 Å². The van der Waals surface area contributed by atoms with Crippen molar-refractivity contribution < 1.29 is 9.21 Å². The number of benzene rings is 2. The van der Waals surface area contributed by atoms with Gasteiger partial charge in [0.15, 0.2) is 5.76 Å². The predicted octanol–water partition coefficient (Wildman–Crippen LogP) is 4.63. The molecule has 1 saturated heterocycles. The van der Waals surface area contributed by atoms with Crippen LogP contribution in [-0.4, -0.2) is 41.4 Å². The Kier molecular flexibility index (Phi) is 6.42. The van der Waals surface area contributed by atoms with Gasteiger partial charge in [0.2, 0.25) is 0 Å². The maximum Gasteiger partial charge on any atom is 0.290 e. The van der Waals surface area contributed by atoms with E-state index < -0.39 is 0 Å². The first-order valence-electron chi connectivity index (χ1n) is 10.4. The highest BCUT2D eigenvalue weighted by Crippen LogP contribution is 2.22. The van der Waals surface area contributed by atoms with Gasteiger partial charge < -0.3 is 14.2 Å². The average molecular weight is 389 g/mol. The number of hydrogen-bond acceptors (Lipinski definition) is 3. The Bertz CT molecular complexity index is 870. The number of furan rings is 1. The van der Waals surface area contributed by atoms with Crippen LogP contribution in [0.1, 0.15) is 34.5 Å². The molecule has 1 amide bonds. The van der Waals surface area contributed by atoms with Gasteiger partial charge in [-0.1, -0.05) is 60.7 Å². The number of nitrogens with zero attached hydrogens (tertiary/aromatic N) is 2. The predicted molar refractivity (Wildman–Crippen MR) is 115 cm³/mol. The fraction of sp³-hybridized carbons (Fsp3) is 0.320. The lowest BCUT2D eigenvalue weighted by Gasteiger charge is -2.38. The van der Waals surface area contributed by atoms with Crippen molar-refractivity contribution in [1.29, 1.82) is 0 Å². The molecule has 1 fully saturated rings. The van der Waals surface area contributed by atoms with Crippen molar-refractivity contribution in [2.45, 2.75) is 31.8 Å². The van der Waals surface area contributed by atoms with E-state index in [1.807, 2.05) is 23.1 Å². The van der Waals surface area contributed by atoms with Crippen LogP contribution in [0.3, 0.4) is 0 Å². The van der Waals surface area contributed by atoms with Crippen molar-refractivity contribution in [3.05, 3.63) is 95.9 Å². The molecule has 0 atom stereocenters. The molecule has 4 nitrogen and oxygen atoms in total. The summed E-state index contributed by atoms with van der Waals surface area (Å²) >= 11 is 0. The van der Waals surface area contributed by atoms with Crippen molar-refractivity contribution in [3.63, 3.8) is 0 Å². The Morgan fingerprint density at radius 1 is 0.897 bits per heavy atom. The molecular formula is C25H28N2O2. The highest BCUT2D eigenvalue weighted by atomic mass is 16.3. The summed E-state index contributed by atoms with van der Waals surface area (Å²) in [4.78, 5) is 17.6. The number of carbonyl (C=O) groups is 1. The van der Waals surface area contributed by atoms with Crippen LogP contribution in [0.5, 0.6) is 0 Å². The molecule has 2 heterocycles. The number of amides is 1. The molecule has 0 unspecified atom stereocenters. The first-order valence-corrected chi connectivity index (χ1v) is 10.4. The van der Waals surface area contributed by atoms with Crippen LogP contribution in [0.2, 0.25) is 0 Å². The maximum absolute atomic E-state index is 13.1. The van der Waals surface area contributed by atoms with E-state index in [4.69, 9.17) is 4.42 Å². The maximum atomic E-state index is 13.1. The molecule has 1 aliphatic rings. The van der Waals surface area contributed by atoms with Crippen molar-refractivity contribution in [1.82, 2.24) is 9.80 Å². The monoisotopic (exact) mass is 388 g/mol. The van der Waals surface area contributed by atoms with Crippen molar-refractivity contribution in [2.24, 2.45) is 0 Å². The molecular weight excluding hydrogens is 360 g/mol. The summed E-state index contributed by atoms with van der Waals surface area (Å²) < 4.78 is 5.41. The van der Waals surface area contributed by atoms with E-state index in [9.17, 15) is 4.79 Å². The van der Waals surface area contributed by atoms with E-state index in [0.717, 1.165) is 44.5 Å². The van der Waals surface area contributed by atoms with E-state index in [0.29, 0.717) is 12.3 Å². The van der Waals surface area contributed by atoms with Gasteiger partial charge in [-0.05, 0) is 42.5 Å². The van der Waals surface area contributed by atoms with E-state index in [-0.39, 0.29) is 11.9 Å². The van der Waals surface area contributed by atoms with Gasteiger partial charge in [0, 0.05) is 32.2 Å². The summed E-state index contributed by atoms with van der Waals surface area (Å²) in [6.07, 6.45) is 4.63. The third kappa shape index (κ3) is 5.15. The minimum absolute atomic E-state index is 0.0124. The Hall–Kier alpha value is -2.85. The molecule has 1 aliphatic heterocycles. The van der Waals surface area contributed by atoms with Crippen LogP contribution in [0.15, 0.2) is 83.5 Å². The molecule has 1 aromatic heterocycles. The van der Waals surface area contributed by atoms with E-state index >= 15 is 0 Å². The molecule has 4 rings (SSSR count). The van der Waals surface area contributed by atoms with Gasteiger partial charge in [-0.3, -0.25) is 4.79 Å². The summed E-state index contributed by atoms with van der Waals surface area (Å²) in [7, 11) is 0. The first kappa shape index (κ1) is 19.5. The Morgan fingerprint density at radius 3 is 2.17 bits per heavy atom. The molecule has 3 aromatic rings. The summed E-state index contributed by atoms with van der Waals surface area (Å²) in [5.74, 6) is 0.411. The largest absolute Gasteiger partial charge is 0.459 e. The second-order valence-electron chi connectivity index (χ2n) is 7.70. The minimum atomic E-state index is -0.0124. The fourth-order valence-electron chi connectivity index (χ4n) is 4.08. The van der Waals surface area contributed by atoms with Gasteiger partial charge in [0.1, 0.15) is 0 Å². The topological polar surface area (TPSA) is 36.7 Å². The highest BCUT2D eigenvalue weighted by Gasteiger charge is 2.29. The lowest BCUT2D eigenvalue weighted by Crippen LogP contribution is -2.47. The molecule has 150 valence electrons. The van der Waals surface area contributed by atoms with E-state index in [1.165, 1.54) is 5.56 Å². The van der Waals surface area contributed by atoms with Crippen molar-refractivity contribution in [2.75, 3.05) is 19.6 Å². The molecule has 0 aliphatic carbocycles. The normalized spacial score (nSPS) is 15.3. The molecule has 0 N–H and O–H groups in total. The van der Waals surface area contributed by atoms with Gasteiger partial charge in [-0.15, -0.1) is 0 Å². The van der Waals surface area contributed by atoms with Crippen LogP contribution in [0, 0.1) is 0 Å². The minimum Gasteiger partial charge on any atom is -0.459 e. The van der Waals surface area contributed by atoms with Crippen molar-refractivity contribution >= 4 is 5.91 Å². The Morgan fingerprint density at radius 2 is 1.55 bits per heavy atom. The van der Waals surface area contributed by atoms with Crippen LogP contribution < -0.4 is 0 Å². The van der Waals surface area contributed by atoms with Crippen molar-refractivity contribution in [3.8, 4) is 0 Å². The second kappa shape index (κ2) is 9.57. The van der Waals surface area contributed by atoms with Crippen LogP contribution in [-0.2, 0) is 13.0 Å². The molecule has 0 radical (unpaired) electrons.